The van der Waals surface area contributed by atoms with Gasteiger partial charge in [-0.3, -0.25) is 4.79 Å². The fourth-order valence-corrected chi connectivity index (χ4v) is 3.37. The zero-order valence-corrected chi connectivity index (χ0v) is 13.4. The Hall–Kier alpha value is -0.550. The van der Waals surface area contributed by atoms with Crippen molar-refractivity contribution in [3.63, 3.8) is 0 Å². The third-order valence-electron chi connectivity index (χ3n) is 2.39. The van der Waals surface area contributed by atoms with Crippen molar-refractivity contribution in [3.05, 3.63) is 24.3 Å². The Morgan fingerprint density at radius 1 is 1.44 bits per heavy atom. The van der Waals surface area contributed by atoms with Gasteiger partial charge in [-0.25, -0.2) is 0 Å². The molecule has 1 rings (SSSR count). The van der Waals surface area contributed by atoms with E-state index in [2.05, 4.69) is 22.6 Å². The Balaban J connectivity index is 2.88. The van der Waals surface area contributed by atoms with E-state index < -0.39 is 19.7 Å². The van der Waals surface area contributed by atoms with Gasteiger partial charge in [0.2, 0.25) is 0 Å². The molecule has 1 aromatic carbocycles. The number of ether oxygens (including phenoxy) is 1. The first kappa shape index (κ1) is 15.5. The summed E-state index contributed by atoms with van der Waals surface area (Å²) in [6.07, 6.45) is 0.163. The second kappa shape index (κ2) is 7.14. The van der Waals surface area contributed by atoms with Crippen LogP contribution < -0.4 is 10.0 Å². The number of carbonyl (C=O) groups is 1. The summed E-state index contributed by atoms with van der Waals surface area (Å²) in [5, 5.41) is 9.46. The molecule has 3 atom stereocenters. The highest BCUT2D eigenvalue weighted by atomic mass is 127. The van der Waals surface area contributed by atoms with E-state index in [-0.39, 0.29) is 10.3 Å². The maximum Gasteiger partial charge on any atom is 0.306 e. The average Bonchev–Trinajstić information content (AvgIpc) is 2.28. The van der Waals surface area contributed by atoms with E-state index in [1.54, 1.807) is 25.1 Å². The standard InChI is InChI=1S/C12H16IO4P/c1-8(12(14)15)7-18(16)11-6-4-3-5-10(11)17-9(2)13/h3-6,8-9,18H,7H2,1-2H3,(H,14,15). The second-order valence-corrected chi connectivity index (χ2v) is 7.57. The molecule has 0 radical (unpaired) electrons. The maximum absolute atomic E-state index is 12.2. The van der Waals surface area contributed by atoms with Crippen molar-refractivity contribution >= 4 is 41.7 Å². The molecule has 1 N–H and O–H groups in total. The van der Waals surface area contributed by atoms with E-state index in [0.717, 1.165) is 0 Å². The fourth-order valence-electron chi connectivity index (χ4n) is 1.45. The number of hydrogen-bond acceptors (Lipinski definition) is 3. The fraction of sp³-hybridized carbons (Fsp3) is 0.417. The van der Waals surface area contributed by atoms with E-state index in [0.29, 0.717) is 11.1 Å². The quantitative estimate of drug-likeness (QED) is 0.467. The lowest BCUT2D eigenvalue weighted by Crippen LogP contribution is -2.16. The van der Waals surface area contributed by atoms with Crippen molar-refractivity contribution < 1.29 is 19.2 Å². The number of para-hydroxylation sites is 1. The van der Waals surface area contributed by atoms with Gasteiger partial charge in [0.15, 0.2) is 0 Å². The van der Waals surface area contributed by atoms with E-state index >= 15 is 0 Å². The summed E-state index contributed by atoms with van der Waals surface area (Å²) >= 11 is 2.12. The van der Waals surface area contributed by atoms with Crippen molar-refractivity contribution in [2.75, 3.05) is 6.16 Å². The van der Waals surface area contributed by atoms with E-state index in [1.165, 1.54) is 0 Å². The van der Waals surface area contributed by atoms with Crippen LogP contribution in [0.5, 0.6) is 5.75 Å². The molecule has 0 amide bonds. The molecule has 1 aromatic rings. The Kier molecular flexibility index (Phi) is 6.15. The first-order valence-electron chi connectivity index (χ1n) is 5.57. The molecule has 0 saturated heterocycles. The lowest BCUT2D eigenvalue weighted by Gasteiger charge is -2.14. The summed E-state index contributed by atoms with van der Waals surface area (Å²) in [6.45, 7) is 3.45. The molecule has 100 valence electrons. The summed E-state index contributed by atoms with van der Waals surface area (Å²) < 4.78 is 17.7. The molecule has 0 aliphatic heterocycles. The Bertz CT molecular complexity index is 447. The summed E-state index contributed by atoms with van der Waals surface area (Å²) in [5.74, 6) is -0.948. The van der Waals surface area contributed by atoms with Gasteiger partial charge in [0.05, 0.1) is 11.2 Å². The van der Waals surface area contributed by atoms with Gasteiger partial charge in [-0.2, -0.15) is 0 Å². The van der Waals surface area contributed by atoms with Crippen molar-refractivity contribution in [1.82, 2.24) is 0 Å². The topological polar surface area (TPSA) is 63.6 Å². The normalized spacial score (nSPS) is 15.7. The second-order valence-electron chi connectivity index (χ2n) is 4.02. The molecule has 3 unspecified atom stereocenters. The molecule has 0 spiro atoms. The van der Waals surface area contributed by atoms with Gasteiger partial charge < -0.3 is 14.4 Å². The highest BCUT2D eigenvalue weighted by Gasteiger charge is 2.18. The van der Waals surface area contributed by atoms with E-state index in [9.17, 15) is 9.36 Å². The van der Waals surface area contributed by atoms with E-state index in [4.69, 9.17) is 9.84 Å². The van der Waals surface area contributed by atoms with E-state index in [1.807, 2.05) is 13.0 Å². The summed E-state index contributed by atoms with van der Waals surface area (Å²) in [4.78, 5) is 10.8. The van der Waals surface area contributed by atoms with Crippen LogP contribution >= 0.6 is 30.4 Å². The predicted molar refractivity (Wildman–Crippen MR) is 80.9 cm³/mol. The highest BCUT2D eigenvalue weighted by Crippen LogP contribution is 2.29. The van der Waals surface area contributed by atoms with Gasteiger partial charge in [-0.05, 0) is 41.6 Å². The van der Waals surface area contributed by atoms with Crippen molar-refractivity contribution in [2.24, 2.45) is 5.92 Å². The molecule has 0 aliphatic carbocycles. The van der Waals surface area contributed by atoms with Crippen LogP contribution in [0.15, 0.2) is 24.3 Å². The maximum atomic E-state index is 12.2. The Morgan fingerprint density at radius 3 is 2.61 bits per heavy atom. The molecule has 0 aromatic heterocycles. The lowest BCUT2D eigenvalue weighted by atomic mass is 10.2. The third kappa shape index (κ3) is 4.61. The largest absolute Gasteiger partial charge is 0.481 e. The molecule has 4 nitrogen and oxygen atoms in total. The van der Waals surface area contributed by atoms with Crippen LogP contribution in [0.25, 0.3) is 0 Å². The van der Waals surface area contributed by atoms with Gasteiger partial charge in [-0.1, -0.05) is 19.1 Å². The SMILES string of the molecule is CC(I)Oc1ccccc1[PH](=O)CC(C)C(=O)O. The van der Waals surface area contributed by atoms with Crippen LogP contribution in [0.3, 0.4) is 0 Å². The summed E-state index contributed by atoms with van der Waals surface area (Å²) in [6, 6.07) is 7.10. The average molecular weight is 382 g/mol. The van der Waals surface area contributed by atoms with Crippen LogP contribution in [-0.2, 0) is 9.36 Å². The molecule has 6 heteroatoms. The smallest absolute Gasteiger partial charge is 0.306 e. The number of alkyl halides is 1. The predicted octanol–water partition coefficient (Wildman–Crippen LogP) is 2.75. The number of rotatable bonds is 6. The van der Waals surface area contributed by atoms with Crippen molar-refractivity contribution in [2.45, 2.75) is 18.0 Å². The zero-order chi connectivity index (χ0) is 13.7. The monoisotopic (exact) mass is 382 g/mol. The number of halogens is 1. The number of aliphatic carboxylic acids is 1. The molecule has 0 heterocycles. The molecular weight excluding hydrogens is 366 g/mol. The third-order valence-corrected chi connectivity index (χ3v) is 4.64. The number of benzene rings is 1. The number of carboxylic acid groups (broad SMARTS) is 1. The van der Waals surface area contributed by atoms with Crippen LogP contribution in [0.1, 0.15) is 13.8 Å². The molecule has 0 aliphatic rings. The molecule has 0 fully saturated rings. The summed E-state index contributed by atoms with van der Waals surface area (Å²) in [5.41, 5.74) is 0. The first-order valence-corrected chi connectivity index (χ1v) is 8.43. The van der Waals surface area contributed by atoms with Crippen molar-refractivity contribution in [1.29, 1.82) is 0 Å². The van der Waals surface area contributed by atoms with Crippen LogP contribution in [0, 0.1) is 5.92 Å². The minimum absolute atomic E-state index is 0.0320. The summed E-state index contributed by atoms with van der Waals surface area (Å²) in [7, 11) is -2.14. The van der Waals surface area contributed by atoms with Gasteiger partial charge in [0.25, 0.3) is 0 Å². The van der Waals surface area contributed by atoms with Crippen LogP contribution in [-0.4, -0.2) is 21.3 Å². The minimum atomic E-state index is -2.14. The zero-order valence-electron chi connectivity index (χ0n) is 10.2. The van der Waals surface area contributed by atoms with Gasteiger partial charge in [0.1, 0.15) is 17.7 Å². The molecule has 18 heavy (non-hydrogen) atoms. The van der Waals surface area contributed by atoms with Gasteiger partial charge in [-0.15, -0.1) is 0 Å². The van der Waals surface area contributed by atoms with Crippen molar-refractivity contribution in [3.8, 4) is 5.75 Å². The van der Waals surface area contributed by atoms with Gasteiger partial charge >= 0.3 is 5.97 Å². The highest BCUT2D eigenvalue weighted by molar-refractivity contribution is 14.1. The number of carboxylic acids is 1. The number of hydrogen-bond donors (Lipinski definition) is 1. The lowest BCUT2D eigenvalue weighted by molar-refractivity contribution is -0.140. The Morgan fingerprint density at radius 2 is 2.06 bits per heavy atom. The molecular formula is C12H16IO4P. The minimum Gasteiger partial charge on any atom is -0.481 e. The Labute approximate surface area is 121 Å². The van der Waals surface area contributed by atoms with Crippen LogP contribution in [0.2, 0.25) is 0 Å². The van der Waals surface area contributed by atoms with Crippen LogP contribution in [0.4, 0.5) is 0 Å². The molecule has 0 bridgehead atoms. The molecule has 0 saturated carbocycles. The first-order chi connectivity index (χ1) is 8.41. The van der Waals surface area contributed by atoms with Gasteiger partial charge in [0, 0.05) is 6.16 Å².